The molecule has 0 atom stereocenters. The first-order valence-electron chi connectivity index (χ1n) is 7.52. The minimum atomic E-state index is -1.36. The smallest absolute Gasteiger partial charge is 0.335 e. The van der Waals surface area contributed by atoms with Gasteiger partial charge in [0, 0.05) is 30.9 Å². The van der Waals surface area contributed by atoms with Crippen molar-refractivity contribution in [1.82, 2.24) is 15.1 Å². The summed E-state index contributed by atoms with van der Waals surface area (Å²) in [4.78, 5) is 10.8. The molecule has 0 aliphatic carbocycles. The van der Waals surface area contributed by atoms with Crippen molar-refractivity contribution in [3.63, 3.8) is 0 Å². The van der Waals surface area contributed by atoms with E-state index in [1.165, 1.54) is 5.69 Å². The van der Waals surface area contributed by atoms with Gasteiger partial charge >= 0.3 is 5.97 Å². The molecule has 5 nitrogen and oxygen atoms in total. The third-order valence-electron chi connectivity index (χ3n) is 3.96. The molecule has 23 heavy (non-hydrogen) atoms. The maximum absolute atomic E-state index is 13.8. The zero-order valence-electron chi connectivity index (χ0n) is 12.5. The number of carboxylic acids is 1. The van der Waals surface area contributed by atoms with Crippen LogP contribution >= 0.6 is 0 Å². The lowest BCUT2D eigenvalue weighted by Crippen LogP contribution is -2.16. The molecular formula is C16H17F2N3O2. The SMILES string of the molecule is O=C(O)c1cc(F)c(CNCc2cc3n(n2)CCCC3)c(F)c1. The van der Waals surface area contributed by atoms with Crippen LogP contribution in [0, 0.1) is 11.6 Å². The Bertz CT molecular complexity index is 696. The molecule has 0 amide bonds. The highest BCUT2D eigenvalue weighted by Crippen LogP contribution is 2.17. The largest absolute Gasteiger partial charge is 0.478 e. The Kier molecular flexibility index (Phi) is 4.38. The van der Waals surface area contributed by atoms with E-state index >= 15 is 0 Å². The molecule has 0 unspecified atom stereocenters. The van der Waals surface area contributed by atoms with Crippen molar-refractivity contribution in [2.24, 2.45) is 0 Å². The zero-order valence-corrected chi connectivity index (χ0v) is 12.5. The summed E-state index contributed by atoms with van der Waals surface area (Å²) in [6.45, 7) is 1.29. The van der Waals surface area contributed by atoms with E-state index in [0.29, 0.717) is 6.54 Å². The highest BCUT2D eigenvalue weighted by atomic mass is 19.1. The standard InChI is InChI=1S/C16H17F2N3O2/c17-14-5-10(16(22)23)6-15(18)13(14)9-19-8-11-7-12-3-1-2-4-21(12)20-11/h5-7,19H,1-4,8-9H2,(H,22,23). The molecule has 1 aromatic heterocycles. The van der Waals surface area contributed by atoms with Gasteiger partial charge in [0.2, 0.25) is 0 Å². The lowest BCUT2D eigenvalue weighted by molar-refractivity contribution is 0.0695. The van der Waals surface area contributed by atoms with Crippen LogP contribution in [0.5, 0.6) is 0 Å². The van der Waals surface area contributed by atoms with E-state index in [-0.39, 0.29) is 12.1 Å². The molecule has 0 bridgehead atoms. The number of fused-ring (bicyclic) bond motifs is 1. The summed E-state index contributed by atoms with van der Waals surface area (Å²) in [5.74, 6) is -3.08. The Morgan fingerprint density at radius 1 is 1.22 bits per heavy atom. The number of halogens is 2. The highest BCUT2D eigenvalue weighted by molar-refractivity contribution is 5.87. The van der Waals surface area contributed by atoms with Crippen LogP contribution in [0.1, 0.15) is 40.2 Å². The number of benzene rings is 1. The maximum atomic E-state index is 13.8. The van der Waals surface area contributed by atoms with Crippen molar-refractivity contribution in [3.05, 3.63) is 52.3 Å². The van der Waals surface area contributed by atoms with Crippen LogP contribution in [0.15, 0.2) is 18.2 Å². The number of carboxylic acid groups (broad SMARTS) is 1. The Balaban J connectivity index is 1.64. The van der Waals surface area contributed by atoms with E-state index in [0.717, 1.165) is 43.6 Å². The number of aryl methyl sites for hydroxylation is 2. The van der Waals surface area contributed by atoms with Crippen LogP contribution in [0.2, 0.25) is 0 Å². The second kappa shape index (κ2) is 6.45. The number of aromatic carboxylic acids is 1. The first kappa shape index (κ1) is 15.6. The van der Waals surface area contributed by atoms with Gasteiger partial charge in [-0.2, -0.15) is 5.10 Å². The van der Waals surface area contributed by atoms with E-state index in [4.69, 9.17) is 5.11 Å². The molecule has 0 fully saturated rings. The first-order valence-corrected chi connectivity index (χ1v) is 7.52. The Morgan fingerprint density at radius 3 is 2.61 bits per heavy atom. The molecule has 0 saturated heterocycles. The predicted molar refractivity (Wildman–Crippen MR) is 79.0 cm³/mol. The normalized spacial score (nSPS) is 13.8. The molecule has 2 N–H and O–H groups in total. The minimum absolute atomic E-state index is 0.0280. The molecule has 2 heterocycles. The second-order valence-corrected chi connectivity index (χ2v) is 5.63. The molecular weight excluding hydrogens is 304 g/mol. The number of rotatable bonds is 5. The fourth-order valence-corrected chi connectivity index (χ4v) is 2.77. The molecule has 122 valence electrons. The lowest BCUT2D eigenvalue weighted by Gasteiger charge is -2.11. The van der Waals surface area contributed by atoms with E-state index in [1.807, 2.05) is 10.7 Å². The predicted octanol–water partition coefficient (Wildman–Crippen LogP) is 2.49. The summed E-state index contributed by atoms with van der Waals surface area (Å²) in [7, 11) is 0. The van der Waals surface area contributed by atoms with Gasteiger partial charge in [0.15, 0.2) is 0 Å². The first-order chi connectivity index (χ1) is 11.0. The van der Waals surface area contributed by atoms with Gasteiger partial charge in [-0.25, -0.2) is 13.6 Å². The number of carbonyl (C=O) groups is 1. The Labute approximate surface area is 131 Å². The second-order valence-electron chi connectivity index (χ2n) is 5.63. The fourth-order valence-electron chi connectivity index (χ4n) is 2.77. The molecule has 3 rings (SSSR count). The summed E-state index contributed by atoms with van der Waals surface area (Å²) in [5.41, 5.74) is 1.46. The van der Waals surface area contributed by atoms with Crippen molar-refractivity contribution in [3.8, 4) is 0 Å². The van der Waals surface area contributed by atoms with Gasteiger partial charge in [-0.15, -0.1) is 0 Å². The monoisotopic (exact) mass is 321 g/mol. The van der Waals surface area contributed by atoms with Gasteiger partial charge < -0.3 is 10.4 Å². The number of hydrogen-bond donors (Lipinski definition) is 2. The van der Waals surface area contributed by atoms with E-state index in [9.17, 15) is 13.6 Å². The van der Waals surface area contributed by atoms with Gasteiger partial charge in [-0.05, 0) is 37.5 Å². The zero-order chi connectivity index (χ0) is 16.4. The maximum Gasteiger partial charge on any atom is 0.335 e. The van der Waals surface area contributed by atoms with Gasteiger partial charge in [0.05, 0.1) is 11.3 Å². The molecule has 0 radical (unpaired) electrons. The van der Waals surface area contributed by atoms with E-state index < -0.39 is 23.2 Å². The molecule has 2 aromatic rings. The van der Waals surface area contributed by atoms with Gasteiger partial charge in [0.1, 0.15) is 11.6 Å². The number of aromatic nitrogens is 2. The van der Waals surface area contributed by atoms with E-state index in [1.54, 1.807) is 0 Å². The average Bonchev–Trinajstić information content (AvgIpc) is 2.92. The van der Waals surface area contributed by atoms with Crippen LogP contribution in [-0.2, 0) is 26.1 Å². The average molecular weight is 321 g/mol. The van der Waals surface area contributed by atoms with Crippen molar-refractivity contribution in [1.29, 1.82) is 0 Å². The molecule has 1 aliphatic heterocycles. The number of hydrogen-bond acceptors (Lipinski definition) is 3. The summed E-state index contributed by atoms with van der Waals surface area (Å²) < 4.78 is 29.6. The van der Waals surface area contributed by atoms with Crippen LogP contribution in [0.25, 0.3) is 0 Å². The lowest BCUT2D eigenvalue weighted by atomic mass is 10.1. The molecule has 0 saturated carbocycles. The summed E-state index contributed by atoms with van der Waals surface area (Å²) in [5, 5.41) is 16.2. The third kappa shape index (κ3) is 3.39. The van der Waals surface area contributed by atoms with Crippen molar-refractivity contribution in [2.45, 2.75) is 38.9 Å². The molecule has 7 heteroatoms. The number of nitrogens with zero attached hydrogens (tertiary/aromatic N) is 2. The Hall–Kier alpha value is -2.28. The van der Waals surface area contributed by atoms with Gasteiger partial charge in [-0.3, -0.25) is 4.68 Å². The van der Waals surface area contributed by atoms with Crippen molar-refractivity contribution < 1.29 is 18.7 Å². The van der Waals surface area contributed by atoms with Crippen molar-refractivity contribution in [2.75, 3.05) is 0 Å². The highest BCUT2D eigenvalue weighted by Gasteiger charge is 2.15. The third-order valence-corrected chi connectivity index (χ3v) is 3.96. The summed E-state index contributed by atoms with van der Waals surface area (Å²) >= 11 is 0. The van der Waals surface area contributed by atoms with Gasteiger partial charge in [-0.1, -0.05) is 0 Å². The van der Waals surface area contributed by atoms with Crippen LogP contribution in [0.4, 0.5) is 8.78 Å². The number of nitrogens with one attached hydrogen (secondary N) is 1. The van der Waals surface area contributed by atoms with E-state index in [2.05, 4.69) is 10.4 Å². The molecule has 1 aliphatic rings. The minimum Gasteiger partial charge on any atom is -0.478 e. The van der Waals surface area contributed by atoms with Crippen LogP contribution < -0.4 is 5.32 Å². The molecule has 0 spiro atoms. The van der Waals surface area contributed by atoms with Gasteiger partial charge in [0.25, 0.3) is 0 Å². The quantitative estimate of drug-likeness (QED) is 0.888. The van der Waals surface area contributed by atoms with Crippen molar-refractivity contribution >= 4 is 5.97 Å². The van der Waals surface area contributed by atoms with Crippen LogP contribution in [-0.4, -0.2) is 20.9 Å². The summed E-state index contributed by atoms with van der Waals surface area (Å²) in [6, 6.07) is 3.67. The fraction of sp³-hybridized carbons (Fsp3) is 0.375. The summed E-state index contributed by atoms with van der Waals surface area (Å²) in [6.07, 6.45) is 3.28. The molecule has 1 aromatic carbocycles. The van der Waals surface area contributed by atoms with Crippen LogP contribution in [0.3, 0.4) is 0 Å². The Morgan fingerprint density at radius 2 is 1.96 bits per heavy atom. The topological polar surface area (TPSA) is 67.2 Å².